The molecule has 1 aromatic rings. The summed E-state index contributed by atoms with van der Waals surface area (Å²) in [6.07, 6.45) is 5.34. The van der Waals surface area contributed by atoms with Crippen molar-refractivity contribution in [3.63, 3.8) is 0 Å². The Labute approximate surface area is 111 Å². The van der Waals surface area contributed by atoms with Gasteiger partial charge in [0.15, 0.2) is 0 Å². The van der Waals surface area contributed by atoms with Crippen LogP contribution in [-0.2, 0) is 6.54 Å². The fourth-order valence-corrected chi connectivity index (χ4v) is 2.94. The fourth-order valence-electron chi connectivity index (χ4n) is 2.94. The molecule has 0 amide bonds. The van der Waals surface area contributed by atoms with E-state index in [1.165, 1.54) is 42.6 Å². The summed E-state index contributed by atoms with van der Waals surface area (Å²) in [5.41, 5.74) is 3.98. The second-order valence-electron chi connectivity index (χ2n) is 6.06. The minimum absolute atomic E-state index is 0.655. The third kappa shape index (κ3) is 2.94. The van der Waals surface area contributed by atoms with E-state index < -0.39 is 0 Å². The Morgan fingerprint density at radius 1 is 1.28 bits per heavy atom. The Hall–Kier alpha value is -0.830. The minimum atomic E-state index is 0.655. The monoisotopic (exact) mass is 249 g/mol. The molecule has 3 heteroatoms. The van der Waals surface area contributed by atoms with E-state index >= 15 is 0 Å². The van der Waals surface area contributed by atoms with Gasteiger partial charge in [0.25, 0.3) is 0 Å². The molecule has 0 bridgehead atoms. The normalized spacial score (nSPS) is 16.9. The topological polar surface area (TPSA) is 29.9 Å². The van der Waals surface area contributed by atoms with E-state index in [2.05, 4.69) is 37.7 Å². The van der Waals surface area contributed by atoms with E-state index in [0.29, 0.717) is 12.0 Å². The number of aromatic nitrogens is 2. The van der Waals surface area contributed by atoms with Gasteiger partial charge in [-0.25, -0.2) is 0 Å². The van der Waals surface area contributed by atoms with Crippen LogP contribution in [0.25, 0.3) is 0 Å². The van der Waals surface area contributed by atoms with E-state index in [1.54, 1.807) is 0 Å². The molecule has 1 heterocycles. The highest BCUT2D eigenvalue weighted by Crippen LogP contribution is 2.31. The standard InChI is InChI=1S/C15H27N3/c1-11(2)9-16-10-15-12(3)17-18(13(15)4)14-7-5-6-8-14/h11,14,16H,5-10H2,1-4H3. The average molecular weight is 249 g/mol. The number of rotatable bonds is 5. The largest absolute Gasteiger partial charge is 0.312 e. The van der Waals surface area contributed by atoms with Crippen molar-refractivity contribution in [3.05, 3.63) is 17.0 Å². The number of nitrogens with one attached hydrogen (secondary N) is 1. The Balaban J connectivity index is 2.06. The molecule has 1 fully saturated rings. The molecule has 0 spiro atoms. The van der Waals surface area contributed by atoms with Gasteiger partial charge < -0.3 is 5.32 Å². The van der Waals surface area contributed by atoms with Crippen molar-refractivity contribution < 1.29 is 0 Å². The van der Waals surface area contributed by atoms with Crippen LogP contribution in [0.3, 0.4) is 0 Å². The smallest absolute Gasteiger partial charge is 0.0641 e. The second-order valence-corrected chi connectivity index (χ2v) is 6.06. The van der Waals surface area contributed by atoms with Crippen molar-refractivity contribution in [1.82, 2.24) is 15.1 Å². The first-order chi connectivity index (χ1) is 8.59. The maximum atomic E-state index is 4.77. The summed E-state index contributed by atoms with van der Waals surface area (Å²) in [5, 5.41) is 8.30. The van der Waals surface area contributed by atoms with Gasteiger partial charge >= 0.3 is 0 Å². The molecule has 1 N–H and O–H groups in total. The quantitative estimate of drug-likeness (QED) is 0.867. The van der Waals surface area contributed by atoms with Crippen LogP contribution < -0.4 is 5.32 Å². The molecule has 0 aliphatic heterocycles. The Kier molecular flexibility index (Phi) is 4.44. The molecule has 1 aliphatic rings. The number of nitrogens with zero attached hydrogens (tertiary/aromatic N) is 2. The lowest BCUT2D eigenvalue weighted by atomic mass is 10.1. The molecule has 102 valence electrons. The van der Waals surface area contributed by atoms with Gasteiger partial charge in [0.1, 0.15) is 0 Å². The fraction of sp³-hybridized carbons (Fsp3) is 0.800. The number of aryl methyl sites for hydroxylation is 1. The van der Waals surface area contributed by atoms with Crippen molar-refractivity contribution in [2.75, 3.05) is 6.54 Å². The molecule has 0 radical (unpaired) electrons. The molecule has 0 saturated heterocycles. The summed E-state index contributed by atoms with van der Waals surface area (Å²) in [6.45, 7) is 10.9. The first-order valence-electron chi connectivity index (χ1n) is 7.35. The molecule has 3 nitrogen and oxygen atoms in total. The zero-order valence-corrected chi connectivity index (χ0v) is 12.3. The lowest BCUT2D eigenvalue weighted by molar-refractivity contribution is 0.453. The van der Waals surface area contributed by atoms with Crippen LogP contribution in [0, 0.1) is 19.8 Å². The van der Waals surface area contributed by atoms with Crippen molar-refractivity contribution in [3.8, 4) is 0 Å². The van der Waals surface area contributed by atoms with Crippen LogP contribution in [0.2, 0.25) is 0 Å². The van der Waals surface area contributed by atoms with Crippen molar-refractivity contribution in [2.24, 2.45) is 5.92 Å². The van der Waals surface area contributed by atoms with Crippen LogP contribution in [0.4, 0.5) is 0 Å². The summed E-state index contributed by atoms with van der Waals surface area (Å²) in [7, 11) is 0. The summed E-state index contributed by atoms with van der Waals surface area (Å²) in [6, 6.07) is 0.655. The predicted molar refractivity (Wildman–Crippen MR) is 75.8 cm³/mol. The molecule has 0 aromatic carbocycles. The van der Waals surface area contributed by atoms with E-state index in [4.69, 9.17) is 5.10 Å². The lowest BCUT2D eigenvalue weighted by Crippen LogP contribution is -2.19. The van der Waals surface area contributed by atoms with Crippen LogP contribution in [0.15, 0.2) is 0 Å². The van der Waals surface area contributed by atoms with Gasteiger partial charge in [-0.1, -0.05) is 26.7 Å². The maximum absolute atomic E-state index is 4.77. The van der Waals surface area contributed by atoms with Crippen molar-refractivity contribution in [1.29, 1.82) is 0 Å². The predicted octanol–water partition coefficient (Wildman–Crippen LogP) is 3.36. The Bertz CT molecular complexity index is 387. The molecular weight excluding hydrogens is 222 g/mol. The highest BCUT2D eigenvalue weighted by molar-refractivity contribution is 5.25. The average Bonchev–Trinajstić information content (AvgIpc) is 2.91. The van der Waals surface area contributed by atoms with Gasteiger partial charge in [-0.2, -0.15) is 5.10 Å². The van der Waals surface area contributed by atoms with Crippen molar-refractivity contribution >= 4 is 0 Å². The van der Waals surface area contributed by atoms with Gasteiger partial charge in [-0.3, -0.25) is 4.68 Å². The summed E-state index contributed by atoms with van der Waals surface area (Å²) in [4.78, 5) is 0. The van der Waals surface area contributed by atoms with Crippen LogP contribution >= 0.6 is 0 Å². The summed E-state index contributed by atoms with van der Waals surface area (Å²) >= 11 is 0. The van der Waals surface area contributed by atoms with Crippen LogP contribution in [-0.4, -0.2) is 16.3 Å². The van der Waals surface area contributed by atoms with Crippen LogP contribution in [0.5, 0.6) is 0 Å². The molecule has 2 rings (SSSR count). The highest BCUT2D eigenvalue weighted by Gasteiger charge is 2.21. The first-order valence-corrected chi connectivity index (χ1v) is 7.35. The number of hydrogen-bond acceptors (Lipinski definition) is 2. The first kappa shape index (κ1) is 13.6. The zero-order valence-electron chi connectivity index (χ0n) is 12.3. The lowest BCUT2D eigenvalue weighted by Gasteiger charge is -2.13. The SMILES string of the molecule is Cc1nn(C2CCCC2)c(C)c1CNCC(C)C. The number of hydrogen-bond donors (Lipinski definition) is 1. The Morgan fingerprint density at radius 3 is 2.56 bits per heavy atom. The van der Waals surface area contributed by atoms with Gasteiger partial charge in [0.05, 0.1) is 11.7 Å². The minimum Gasteiger partial charge on any atom is -0.312 e. The third-order valence-corrected chi connectivity index (χ3v) is 4.00. The molecule has 0 atom stereocenters. The third-order valence-electron chi connectivity index (χ3n) is 4.00. The molecule has 1 saturated carbocycles. The van der Waals surface area contributed by atoms with E-state index in [0.717, 1.165) is 13.1 Å². The summed E-state index contributed by atoms with van der Waals surface area (Å²) < 4.78 is 2.29. The molecule has 18 heavy (non-hydrogen) atoms. The Morgan fingerprint density at radius 2 is 1.94 bits per heavy atom. The molecular formula is C15H27N3. The maximum Gasteiger partial charge on any atom is 0.0641 e. The van der Waals surface area contributed by atoms with E-state index in [1.807, 2.05) is 0 Å². The van der Waals surface area contributed by atoms with Gasteiger partial charge in [-0.05, 0) is 39.2 Å². The van der Waals surface area contributed by atoms with Gasteiger partial charge in [0, 0.05) is 17.8 Å². The van der Waals surface area contributed by atoms with Gasteiger partial charge in [0.2, 0.25) is 0 Å². The molecule has 1 aromatic heterocycles. The zero-order chi connectivity index (χ0) is 13.1. The van der Waals surface area contributed by atoms with Gasteiger partial charge in [-0.15, -0.1) is 0 Å². The van der Waals surface area contributed by atoms with E-state index in [-0.39, 0.29) is 0 Å². The molecule has 0 unspecified atom stereocenters. The summed E-state index contributed by atoms with van der Waals surface area (Å²) in [5.74, 6) is 0.704. The second kappa shape index (κ2) is 5.87. The molecule has 1 aliphatic carbocycles. The highest BCUT2D eigenvalue weighted by atomic mass is 15.3. The van der Waals surface area contributed by atoms with E-state index in [9.17, 15) is 0 Å². The van der Waals surface area contributed by atoms with Crippen LogP contribution in [0.1, 0.15) is 62.5 Å². The van der Waals surface area contributed by atoms with Crippen molar-refractivity contribution in [2.45, 2.75) is 66.0 Å².